The smallest absolute Gasteiger partial charge is 0.0524 e. The summed E-state index contributed by atoms with van der Waals surface area (Å²) in [6.07, 6.45) is 7.95. The van der Waals surface area contributed by atoms with E-state index in [0.717, 1.165) is 0 Å². The normalized spacial score (nSPS) is 10.3. The predicted octanol–water partition coefficient (Wildman–Crippen LogP) is 3.13. The van der Waals surface area contributed by atoms with E-state index in [1.54, 1.807) is 0 Å². The van der Waals surface area contributed by atoms with Crippen molar-refractivity contribution in [1.82, 2.24) is 9.78 Å². The lowest BCUT2D eigenvalue weighted by Gasteiger charge is -1.95. The third-order valence-electron chi connectivity index (χ3n) is 1.72. The Bertz CT molecular complexity index is 242. The lowest BCUT2D eigenvalue weighted by molar-refractivity contribution is 0.764. The van der Waals surface area contributed by atoms with Gasteiger partial charge in [0, 0.05) is 13.2 Å². The molecule has 0 bridgehead atoms. The van der Waals surface area contributed by atoms with Crippen LogP contribution in [0.1, 0.15) is 39.2 Å². The highest BCUT2D eigenvalue weighted by molar-refractivity contribution is 5.08. The first-order chi connectivity index (χ1) is 6.11. The van der Waals surface area contributed by atoms with E-state index in [9.17, 15) is 0 Å². The largest absolute Gasteiger partial charge is 0.276 e. The Labute approximate surface area is 81.3 Å². The molecule has 0 saturated carbocycles. The molecule has 0 amide bonds. The Morgan fingerprint density at radius 3 is 2.00 bits per heavy atom. The lowest BCUT2D eigenvalue weighted by Crippen LogP contribution is -1.85. The highest BCUT2D eigenvalue weighted by Gasteiger charge is 1.98. The molecule has 0 radical (unpaired) electrons. The van der Waals surface area contributed by atoms with Gasteiger partial charge in [-0.05, 0) is 25.3 Å². The van der Waals surface area contributed by atoms with E-state index in [1.807, 2.05) is 50.1 Å². The number of hydrogen-bond acceptors (Lipinski definition) is 1. The highest BCUT2D eigenvalue weighted by Crippen LogP contribution is 2.10. The topological polar surface area (TPSA) is 17.8 Å². The number of aromatic nitrogens is 2. The molecule has 0 aliphatic heterocycles. The Morgan fingerprint density at radius 2 is 1.85 bits per heavy atom. The molecule has 1 rings (SSSR count). The van der Waals surface area contributed by atoms with Crippen molar-refractivity contribution in [3.05, 3.63) is 30.1 Å². The van der Waals surface area contributed by atoms with Gasteiger partial charge in [0.15, 0.2) is 0 Å². The van der Waals surface area contributed by atoms with Crippen molar-refractivity contribution in [3.63, 3.8) is 0 Å². The fraction of sp³-hybridized carbons (Fsp3) is 0.545. The van der Waals surface area contributed by atoms with Crippen LogP contribution < -0.4 is 0 Å². The second-order valence-electron chi connectivity index (χ2n) is 3.27. The first-order valence-electron chi connectivity index (χ1n) is 4.67. The number of rotatable bonds is 1. The van der Waals surface area contributed by atoms with Crippen molar-refractivity contribution in [2.45, 2.75) is 33.6 Å². The van der Waals surface area contributed by atoms with Crippen LogP contribution >= 0.6 is 0 Å². The molecule has 0 aliphatic rings. The molecule has 0 unspecified atom stereocenters. The minimum atomic E-state index is 0.596. The zero-order valence-electron chi connectivity index (χ0n) is 9.28. The Balaban J connectivity index is 0.000000310. The Kier molecular flexibility index (Phi) is 5.94. The fourth-order valence-corrected chi connectivity index (χ4v) is 0.738. The van der Waals surface area contributed by atoms with Crippen LogP contribution in [0.15, 0.2) is 24.5 Å². The summed E-state index contributed by atoms with van der Waals surface area (Å²) >= 11 is 0. The van der Waals surface area contributed by atoms with Crippen molar-refractivity contribution in [1.29, 1.82) is 0 Å². The molecule has 0 saturated heterocycles. The number of nitrogens with zero attached hydrogens (tertiary/aromatic N) is 2. The summed E-state index contributed by atoms with van der Waals surface area (Å²) in [7, 11) is 1.94. The quantitative estimate of drug-likeness (QED) is 0.607. The van der Waals surface area contributed by atoms with Gasteiger partial charge < -0.3 is 0 Å². The molecule has 2 heteroatoms. The molecule has 1 aromatic heterocycles. The van der Waals surface area contributed by atoms with Crippen LogP contribution in [0.25, 0.3) is 0 Å². The maximum absolute atomic E-state index is 4.05. The van der Waals surface area contributed by atoms with Crippen LogP contribution in [-0.4, -0.2) is 9.78 Å². The van der Waals surface area contributed by atoms with Crippen molar-refractivity contribution < 1.29 is 0 Å². The van der Waals surface area contributed by atoms with Gasteiger partial charge in [-0.25, -0.2) is 0 Å². The van der Waals surface area contributed by atoms with Crippen LogP contribution in [0.5, 0.6) is 0 Å². The average molecular weight is 180 g/mol. The summed E-state index contributed by atoms with van der Waals surface area (Å²) in [6, 6.07) is 0. The summed E-state index contributed by atoms with van der Waals surface area (Å²) in [5, 5.41) is 4.05. The molecule has 2 nitrogen and oxygen atoms in total. The van der Waals surface area contributed by atoms with Gasteiger partial charge in [-0.15, -0.1) is 0 Å². The van der Waals surface area contributed by atoms with Crippen molar-refractivity contribution in [2.75, 3.05) is 0 Å². The standard InChI is InChI=1S/C7H12N2.C4H8/c1-6(2)7-4-8-9(3)5-7;1-3-4-2/h4-6H,1-3H3;3-4H,1-2H3/b;4-3-. The van der Waals surface area contributed by atoms with E-state index in [2.05, 4.69) is 18.9 Å². The van der Waals surface area contributed by atoms with E-state index in [0.29, 0.717) is 5.92 Å². The summed E-state index contributed by atoms with van der Waals surface area (Å²) in [5.74, 6) is 0.596. The minimum absolute atomic E-state index is 0.596. The minimum Gasteiger partial charge on any atom is -0.276 e. The van der Waals surface area contributed by atoms with Gasteiger partial charge in [0.2, 0.25) is 0 Å². The zero-order chi connectivity index (χ0) is 10.3. The molecule has 74 valence electrons. The molecular weight excluding hydrogens is 160 g/mol. The van der Waals surface area contributed by atoms with E-state index in [4.69, 9.17) is 0 Å². The molecule has 1 heterocycles. The predicted molar refractivity (Wildman–Crippen MR) is 57.8 cm³/mol. The van der Waals surface area contributed by atoms with Crippen LogP contribution in [0, 0.1) is 0 Å². The fourth-order valence-electron chi connectivity index (χ4n) is 0.738. The molecule has 0 aromatic carbocycles. The second kappa shape index (κ2) is 6.46. The summed E-state index contributed by atoms with van der Waals surface area (Å²) in [4.78, 5) is 0. The second-order valence-corrected chi connectivity index (χ2v) is 3.27. The van der Waals surface area contributed by atoms with E-state index >= 15 is 0 Å². The molecule has 1 aromatic rings. The van der Waals surface area contributed by atoms with Gasteiger partial charge in [0.1, 0.15) is 0 Å². The van der Waals surface area contributed by atoms with E-state index in [1.165, 1.54) is 5.56 Å². The SMILES string of the molecule is C/C=C\C.CC(C)c1cnn(C)c1. The van der Waals surface area contributed by atoms with Crippen molar-refractivity contribution >= 4 is 0 Å². The molecule has 0 N–H and O–H groups in total. The molecule has 13 heavy (non-hydrogen) atoms. The molecule has 0 aliphatic carbocycles. The zero-order valence-corrected chi connectivity index (χ0v) is 9.28. The van der Waals surface area contributed by atoms with Crippen molar-refractivity contribution in [3.8, 4) is 0 Å². The first kappa shape index (κ1) is 11.9. The summed E-state index contributed by atoms with van der Waals surface area (Å²) in [6.45, 7) is 8.33. The van der Waals surface area contributed by atoms with Gasteiger partial charge in [-0.3, -0.25) is 4.68 Å². The van der Waals surface area contributed by atoms with Crippen LogP contribution in [0.4, 0.5) is 0 Å². The van der Waals surface area contributed by atoms with Gasteiger partial charge >= 0.3 is 0 Å². The van der Waals surface area contributed by atoms with Crippen LogP contribution in [0.3, 0.4) is 0 Å². The Hall–Kier alpha value is -1.05. The lowest BCUT2D eigenvalue weighted by atomic mass is 10.1. The number of hydrogen-bond donors (Lipinski definition) is 0. The first-order valence-corrected chi connectivity index (χ1v) is 4.67. The molecule has 0 spiro atoms. The summed E-state index contributed by atoms with van der Waals surface area (Å²) in [5.41, 5.74) is 1.30. The maximum atomic E-state index is 4.05. The van der Waals surface area contributed by atoms with Crippen LogP contribution in [0.2, 0.25) is 0 Å². The molecule has 0 fully saturated rings. The highest BCUT2D eigenvalue weighted by atomic mass is 15.2. The van der Waals surface area contributed by atoms with Gasteiger partial charge in [0.25, 0.3) is 0 Å². The maximum Gasteiger partial charge on any atom is 0.0524 e. The van der Waals surface area contributed by atoms with Crippen LogP contribution in [-0.2, 0) is 7.05 Å². The Morgan fingerprint density at radius 1 is 1.31 bits per heavy atom. The van der Waals surface area contributed by atoms with E-state index in [-0.39, 0.29) is 0 Å². The monoisotopic (exact) mass is 180 g/mol. The van der Waals surface area contributed by atoms with E-state index < -0.39 is 0 Å². The number of aryl methyl sites for hydroxylation is 1. The number of allylic oxidation sites excluding steroid dienone is 2. The molecule has 0 atom stereocenters. The third-order valence-corrected chi connectivity index (χ3v) is 1.72. The van der Waals surface area contributed by atoms with Gasteiger partial charge in [-0.1, -0.05) is 26.0 Å². The van der Waals surface area contributed by atoms with Gasteiger partial charge in [-0.2, -0.15) is 5.10 Å². The third kappa shape index (κ3) is 5.23. The summed E-state index contributed by atoms with van der Waals surface area (Å²) < 4.78 is 1.83. The van der Waals surface area contributed by atoms with Gasteiger partial charge in [0.05, 0.1) is 6.20 Å². The molecular formula is C11H20N2. The average Bonchev–Trinajstić information content (AvgIpc) is 2.52. The van der Waals surface area contributed by atoms with Crippen molar-refractivity contribution in [2.24, 2.45) is 7.05 Å².